The van der Waals surface area contributed by atoms with Gasteiger partial charge in [0.05, 0.1) is 13.7 Å². The van der Waals surface area contributed by atoms with Gasteiger partial charge in [0.25, 0.3) is 10.1 Å². The van der Waals surface area contributed by atoms with E-state index in [0.717, 1.165) is 0 Å². The lowest BCUT2D eigenvalue weighted by Crippen LogP contribution is -2.08. The first-order chi connectivity index (χ1) is 8.01. The molecule has 0 heterocycles. The van der Waals surface area contributed by atoms with Crippen molar-refractivity contribution in [1.29, 1.82) is 0 Å². The van der Waals surface area contributed by atoms with Gasteiger partial charge in [0.2, 0.25) is 0 Å². The van der Waals surface area contributed by atoms with Gasteiger partial charge in [0, 0.05) is 6.07 Å². The van der Waals surface area contributed by atoms with Crippen molar-refractivity contribution < 1.29 is 17.3 Å². The van der Waals surface area contributed by atoms with E-state index in [4.69, 9.17) is 15.5 Å². The van der Waals surface area contributed by atoms with Gasteiger partial charge in [-0.3, -0.25) is 4.18 Å². The molecule has 0 aliphatic heterocycles. The highest BCUT2D eigenvalue weighted by Crippen LogP contribution is 2.23. The highest BCUT2D eigenvalue weighted by Gasteiger charge is 2.18. The van der Waals surface area contributed by atoms with E-state index in [1.807, 2.05) is 6.92 Å². The topological polar surface area (TPSA) is 52.6 Å². The Morgan fingerprint density at radius 2 is 2.24 bits per heavy atom. The molecule has 0 aromatic heterocycles. The van der Waals surface area contributed by atoms with Crippen LogP contribution in [0.15, 0.2) is 18.2 Å². The van der Waals surface area contributed by atoms with E-state index in [9.17, 15) is 8.42 Å². The maximum absolute atomic E-state index is 11.7. The number of hydrogen-bond donors (Lipinski definition) is 0. The molecule has 0 amide bonds. The van der Waals surface area contributed by atoms with E-state index < -0.39 is 10.1 Å². The molecule has 1 aromatic carbocycles. The molecule has 17 heavy (non-hydrogen) atoms. The van der Waals surface area contributed by atoms with Gasteiger partial charge in [0.15, 0.2) is 0 Å². The van der Waals surface area contributed by atoms with Crippen LogP contribution in [0.4, 0.5) is 0 Å². The Hall–Kier alpha value is -1.33. The molecular formula is C12H14O4S. The van der Waals surface area contributed by atoms with Gasteiger partial charge in [-0.05, 0) is 30.7 Å². The first-order valence-corrected chi connectivity index (χ1v) is 6.50. The summed E-state index contributed by atoms with van der Waals surface area (Å²) in [6, 6.07) is 7.34. The molecule has 0 aliphatic carbocycles. The summed E-state index contributed by atoms with van der Waals surface area (Å²) in [4.78, 5) is -0.321. The molecule has 1 rings (SSSR count). The molecule has 0 saturated carbocycles. The quantitative estimate of drug-likeness (QED) is 0.729. The summed E-state index contributed by atoms with van der Waals surface area (Å²) in [5.74, 6) is 0.413. The molecule has 0 N–H and O–H groups in total. The van der Waals surface area contributed by atoms with Crippen LogP contribution in [0, 0.1) is 12.6 Å². The minimum Gasteiger partial charge on any atom is -0.496 e. The Kier molecular flexibility index (Phi) is 4.72. The summed E-state index contributed by atoms with van der Waals surface area (Å²) in [6.45, 7) is 7.49. The molecule has 4 nitrogen and oxygen atoms in total. The smallest absolute Gasteiger partial charge is 0.297 e. The zero-order valence-electron chi connectivity index (χ0n) is 9.76. The highest BCUT2D eigenvalue weighted by atomic mass is 32.2. The molecule has 5 heteroatoms. The second kappa shape index (κ2) is 5.84. The first kappa shape index (κ1) is 13.7. The van der Waals surface area contributed by atoms with Crippen LogP contribution in [0.5, 0.6) is 5.75 Å². The van der Waals surface area contributed by atoms with E-state index in [2.05, 4.69) is 6.07 Å². The summed E-state index contributed by atoms with van der Waals surface area (Å²) in [6.07, 6.45) is 0.596. The third-order valence-corrected chi connectivity index (χ3v) is 3.24. The lowest BCUT2D eigenvalue weighted by atomic mass is 10.2. The molecule has 0 spiro atoms. The summed E-state index contributed by atoms with van der Waals surface area (Å²) in [7, 11) is -2.41. The van der Waals surface area contributed by atoms with Gasteiger partial charge in [-0.25, -0.2) is 0 Å². The Labute approximate surface area is 102 Å². The van der Waals surface area contributed by atoms with Crippen LogP contribution in [0.1, 0.15) is 18.9 Å². The van der Waals surface area contributed by atoms with Crippen LogP contribution in [-0.2, 0) is 14.3 Å². The fourth-order valence-electron chi connectivity index (χ4n) is 1.12. The molecule has 0 aliphatic rings. The van der Waals surface area contributed by atoms with Crippen molar-refractivity contribution in [2.75, 3.05) is 13.7 Å². The molecule has 2 radical (unpaired) electrons. The Morgan fingerprint density at radius 3 is 2.82 bits per heavy atom. The zero-order valence-corrected chi connectivity index (χ0v) is 10.6. The second-order valence-electron chi connectivity index (χ2n) is 3.29. The highest BCUT2D eigenvalue weighted by molar-refractivity contribution is 7.96. The molecule has 92 valence electrons. The third kappa shape index (κ3) is 3.57. The maximum Gasteiger partial charge on any atom is 0.297 e. The van der Waals surface area contributed by atoms with Crippen LogP contribution in [0.25, 0.3) is 4.91 Å². The second-order valence-corrected chi connectivity index (χ2v) is 4.87. The SMILES string of the molecule is [CH]=C(c1cc[c]c(OC)c1)S(=O)(=O)OCCC. The molecule has 0 bridgehead atoms. The fourth-order valence-corrected chi connectivity index (χ4v) is 2.05. The number of methoxy groups -OCH3 is 1. The molecule has 0 atom stereocenters. The normalized spacial score (nSPS) is 11.2. The number of rotatable bonds is 6. The van der Waals surface area contributed by atoms with Gasteiger partial charge in [-0.2, -0.15) is 8.42 Å². The zero-order chi connectivity index (χ0) is 12.9. The van der Waals surface area contributed by atoms with Crippen LogP contribution in [-0.4, -0.2) is 22.1 Å². The van der Waals surface area contributed by atoms with Gasteiger partial charge in [0.1, 0.15) is 10.7 Å². The maximum atomic E-state index is 11.7. The number of ether oxygens (including phenoxy) is 1. The van der Waals surface area contributed by atoms with Crippen LogP contribution >= 0.6 is 0 Å². The van der Waals surface area contributed by atoms with Crippen LogP contribution in [0.3, 0.4) is 0 Å². The van der Waals surface area contributed by atoms with E-state index in [1.54, 1.807) is 0 Å². The van der Waals surface area contributed by atoms with Crippen molar-refractivity contribution in [3.63, 3.8) is 0 Å². The minimum atomic E-state index is -3.88. The first-order valence-electron chi connectivity index (χ1n) is 5.09. The van der Waals surface area contributed by atoms with Crippen molar-refractivity contribution in [3.05, 3.63) is 36.4 Å². The van der Waals surface area contributed by atoms with Gasteiger partial charge < -0.3 is 4.74 Å². The van der Waals surface area contributed by atoms with Gasteiger partial charge in [-0.15, -0.1) is 0 Å². The Balaban J connectivity index is 2.95. The molecular weight excluding hydrogens is 240 g/mol. The van der Waals surface area contributed by atoms with Crippen LogP contribution in [0.2, 0.25) is 0 Å². The standard InChI is InChI=1S/C12H14O4S/c1-4-8-16-17(13,14)10(2)11-6-5-7-12(9-11)15-3/h2,5-6,9H,4,8H2,1,3H3. The van der Waals surface area contributed by atoms with E-state index in [1.165, 1.54) is 25.3 Å². The predicted octanol–water partition coefficient (Wildman–Crippen LogP) is 2.03. The Bertz CT molecular complexity index is 491. The molecule has 1 aromatic rings. The van der Waals surface area contributed by atoms with Crippen molar-refractivity contribution >= 4 is 15.0 Å². The summed E-state index contributed by atoms with van der Waals surface area (Å²) < 4.78 is 33.0. The summed E-state index contributed by atoms with van der Waals surface area (Å²) >= 11 is 0. The van der Waals surface area contributed by atoms with Crippen molar-refractivity contribution in [1.82, 2.24) is 0 Å². The monoisotopic (exact) mass is 254 g/mol. The van der Waals surface area contributed by atoms with E-state index in [-0.39, 0.29) is 11.5 Å². The van der Waals surface area contributed by atoms with Crippen molar-refractivity contribution in [2.45, 2.75) is 13.3 Å². The van der Waals surface area contributed by atoms with E-state index >= 15 is 0 Å². The third-order valence-electron chi connectivity index (χ3n) is 1.99. The Morgan fingerprint density at radius 1 is 1.53 bits per heavy atom. The largest absolute Gasteiger partial charge is 0.496 e. The van der Waals surface area contributed by atoms with Crippen LogP contribution < -0.4 is 4.74 Å². The number of benzene rings is 1. The molecule has 0 saturated heterocycles. The van der Waals surface area contributed by atoms with Gasteiger partial charge in [-0.1, -0.05) is 13.0 Å². The number of hydrogen-bond acceptors (Lipinski definition) is 4. The summed E-state index contributed by atoms with van der Waals surface area (Å²) in [5.41, 5.74) is 0.330. The minimum absolute atomic E-state index is 0.110. The fraction of sp³-hybridized carbons (Fsp3) is 0.333. The van der Waals surface area contributed by atoms with Gasteiger partial charge >= 0.3 is 0 Å². The average molecular weight is 254 g/mol. The lowest BCUT2D eigenvalue weighted by molar-refractivity contribution is 0.325. The van der Waals surface area contributed by atoms with Crippen molar-refractivity contribution in [3.8, 4) is 5.75 Å². The molecule has 0 fully saturated rings. The van der Waals surface area contributed by atoms with Crippen molar-refractivity contribution in [2.24, 2.45) is 0 Å². The predicted molar refractivity (Wildman–Crippen MR) is 64.7 cm³/mol. The molecule has 0 unspecified atom stereocenters. The van der Waals surface area contributed by atoms with E-state index in [0.29, 0.717) is 17.7 Å². The lowest BCUT2D eigenvalue weighted by Gasteiger charge is -2.08. The average Bonchev–Trinajstić information content (AvgIpc) is 2.35. The summed E-state index contributed by atoms with van der Waals surface area (Å²) in [5, 5.41) is 0.